The number of carbonyl (C=O) groups is 1. The van der Waals surface area contributed by atoms with E-state index in [0.717, 1.165) is 24.7 Å². The van der Waals surface area contributed by atoms with Gasteiger partial charge in [0, 0.05) is 30.4 Å². The fourth-order valence-corrected chi connectivity index (χ4v) is 1.99. The molecule has 1 unspecified atom stereocenters. The molecule has 0 saturated heterocycles. The number of halogens is 1. The SMILES string of the molecule is CCC(C)CN(C)c1ccc(/C=C/C(=O)O)c(Cl)c1. The lowest BCUT2D eigenvalue weighted by Gasteiger charge is -2.23. The summed E-state index contributed by atoms with van der Waals surface area (Å²) in [7, 11) is 2.03. The molecule has 1 N–H and O–H groups in total. The second-order valence-corrected chi connectivity index (χ2v) is 5.18. The third-order valence-electron chi connectivity index (χ3n) is 3.11. The van der Waals surface area contributed by atoms with Crippen LogP contribution in [0.2, 0.25) is 5.02 Å². The normalized spacial score (nSPS) is 12.6. The van der Waals surface area contributed by atoms with Gasteiger partial charge in [0.1, 0.15) is 0 Å². The van der Waals surface area contributed by atoms with Crippen molar-refractivity contribution in [2.75, 3.05) is 18.5 Å². The molecule has 19 heavy (non-hydrogen) atoms. The van der Waals surface area contributed by atoms with Gasteiger partial charge in [0.05, 0.1) is 0 Å². The average molecular weight is 282 g/mol. The van der Waals surface area contributed by atoms with Crippen molar-refractivity contribution >= 4 is 29.3 Å². The molecule has 0 aliphatic carbocycles. The van der Waals surface area contributed by atoms with Crippen LogP contribution in [0.5, 0.6) is 0 Å². The highest BCUT2D eigenvalue weighted by Crippen LogP contribution is 2.24. The van der Waals surface area contributed by atoms with Gasteiger partial charge >= 0.3 is 5.97 Å². The van der Waals surface area contributed by atoms with E-state index in [2.05, 4.69) is 18.7 Å². The Labute approximate surface area is 119 Å². The van der Waals surface area contributed by atoms with Crippen molar-refractivity contribution in [1.29, 1.82) is 0 Å². The van der Waals surface area contributed by atoms with Crippen molar-refractivity contribution in [2.45, 2.75) is 20.3 Å². The highest BCUT2D eigenvalue weighted by atomic mass is 35.5. The van der Waals surface area contributed by atoms with Crippen molar-refractivity contribution in [3.8, 4) is 0 Å². The molecule has 3 nitrogen and oxygen atoms in total. The standard InChI is InChI=1S/C15H20ClNO2/c1-4-11(2)10-17(3)13-7-5-12(14(16)9-13)6-8-15(18)19/h5-9,11H,4,10H2,1-3H3,(H,18,19)/b8-6+. The van der Waals surface area contributed by atoms with E-state index in [0.29, 0.717) is 16.5 Å². The van der Waals surface area contributed by atoms with Crippen LogP contribution in [0.3, 0.4) is 0 Å². The van der Waals surface area contributed by atoms with E-state index in [4.69, 9.17) is 16.7 Å². The van der Waals surface area contributed by atoms with Crippen LogP contribution in [-0.2, 0) is 4.79 Å². The topological polar surface area (TPSA) is 40.5 Å². The quantitative estimate of drug-likeness (QED) is 0.804. The second kappa shape index (κ2) is 7.19. The van der Waals surface area contributed by atoms with Gasteiger partial charge < -0.3 is 10.0 Å². The Kier molecular flexibility index (Phi) is 5.90. The van der Waals surface area contributed by atoms with E-state index in [1.165, 1.54) is 6.08 Å². The van der Waals surface area contributed by atoms with Gasteiger partial charge in [0.2, 0.25) is 0 Å². The average Bonchev–Trinajstić information content (AvgIpc) is 2.36. The molecular formula is C15H20ClNO2. The molecule has 0 aliphatic rings. The minimum absolute atomic E-state index is 0.561. The maximum atomic E-state index is 10.5. The van der Waals surface area contributed by atoms with Gasteiger partial charge in [0.15, 0.2) is 0 Å². The van der Waals surface area contributed by atoms with Crippen LogP contribution in [0.4, 0.5) is 5.69 Å². The number of nitrogens with zero attached hydrogens (tertiary/aromatic N) is 1. The molecule has 0 aliphatic heterocycles. The summed E-state index contributed by atoms with van der Waals surface area (Å²) in [5.74, 6) is -0.357. The molecule has 1 rings (SSSR count). The summed E-state index contributed by atoms with van der Waals surface area (Å²) >= 11 is 6.16. The van der Waals surface area contributed by atoms with Gasteiger partial charge in [-0.05, 0) is 29.7 Å². The van der Waals surface area contributed by atoms with Crippen molar-refractivity contribution in [3.05, 3.63) is 34.9 Å². The summed E-state index contributed by atoms with van der Waals surface area (Å²) in [6.07, 6.45) is 3.73. The molecule has 0 bridgehead atoms. The van der Waals surface area contributed by atoms with Gasteiger partial charge in [0.25, 0.3) is 0 Å². The Hall–Kier alpha value is -1.48. The Balaban J connectivity index is 2.84. The third-order valence-corrected chi connectivity index (χ3v) is 3.44. The predicted molar refractivity (Wildman–Crippen MR) is 80.8 cm³/mol. The number of hydrogen-bond donors (Lipinski definition) is 1. The lowest BCUT2D eigenvalue weighted by Crippen LogP contribution is -2.23. The largest absolute Gasteiger partial charge is 0.478 e. The molecule has 1 aromatic carbocycles. The summed E-state index contributed by atoms with van der Waals surface area (Å²) < 4.78 is 0. The molecule has 0 fully saturated rings. The van der Waals surface area contributed by atoms with E-state index in [-0.39, 0.29) is 0 Å². The Morgan fingerprint density at radius 2 is 2.21 bits per heavy atom. The van der Waals surface area contributed by atoms with E-state index in [1.807, 2.05) is 25.2 Å². The number of aliphatic carboxylic acids is 1. The second-order valence-electron chi connectivity index (χ2n) is 4.77. The smallest absolute Gasteiger partial charge is 0.328 e. The minimum Gasteiger partial charge on any atom is -0.478 e. The molecule has 0 amide bonds. The summed E-state index contributed by atoms with van der Waals surface area (Å²) in [5.41, 5.74) is 1.75. The molecule has 0 aromatic heterocycles. The molecule has 104 valence electrons. The van der Waals surface area contributed by atoms with Gasteiger partial charge in [-0.1, -0.05) is 37.9 Å². The molecule has 0 heterocycles. The first-order valence-corrected chi connectivity index (χ1v) is 6.73. The number of hydrogen-bond acceptors (Lipinski definition) is 2. The maximum Gasteiger partial charge on any atom is 0.328 e. The number of rotatable bonds is 6. The monoisotopic (exact) mass is 281 g/mol. The maximum absolute atomic E-state index is 10.5. The number of carboxylic acids is 1. The van der Waals surface area contributed by atoms with Gasteiger partial charge in [-0.2, -0.15) is 0 Å². The first-order chi connectivity index (χ1) is 8.93. The number of carboxylic acid groups (broad SMARTS) is 1. The fourth-order valence-electron chi connectivity index (χ4n) is 1.75. The minimum atomic E-state index is -0.978. The summed E-state index contributed by atoms with van der Waals surface area (Å²) in [6.45, 7) is 5.35. The lowest BCUT2D eigenvalue weighted by atomic mass is 10.1. The van der Waals surface area contributed by atoms with E-state index in [1.54, 1.807) is 0 Å². The number of anilines is 1. The van der Waals surface area contributed by atoms with Crippen molar-refractivity contribution in [1.82, 2.24) is 0 Å². The van der Waals surface area contributed by atoms with Gasteiger partial charge in [-0.15, -0.1) is 0 Å². The summed E-state index contributed by atoms with van der Waals surface area (Å²) in [4.78, 5) is 12.6. The Morgan fingerprint density at radius 3 is 2.74 bits per heavy atom. The zero-order valence-electron chi connectivity index (χ0n) is 11.6. The summed E-state index contributed by atoms with van der Waals surface area (Å²) in [5, 5.41) is 9.16. The summed E-state index contributed by atoms with van der Waals surface area (Å²) in [6, 6.07) is 5.66. The molecule has 0 radical (unpaired) electrons. The van der Waals surface area contributed by atoms with Crippen LogP contribution in [-0.4, -0.2) is 24.7 Å². The first kappa shape index (κ1) is 15.6. The van der Waals surface area contributed by atoms with E-state index >= 15 is 0 Å². The van der Waals surface area contributed by atoms with Crippen LogP contribution in [0.25, 0.3) is 6.08 Å². The van der Waals surface area contributed by atoms with Gasteiger partial charge in [-0.25, -0.2) is 4.79 Å². The van der Waals surface area contributed by atoms with Crippen molar-refractivity contribution in [2.24, 2.45) is 5.92 Å². The third kappa shape index (κ3) is 4.95. The molecule has 1 atom stereocenters. The number of benzene rings is 1. The lowest BCUT2D eigenvalue weighted by molar-refractivity contribution is -0.131. The Morgan fingerprint density at radius 1 is 1.53 bits per heavy atom. The van der Waals surface area contributed by atoms with Gasteiger partial charge in [-0.3, -0.25) is 0 Å². The highest BCUT2D eigenvalue weighted by Gasteiger charge is 2.07. The predicted octanol–water partition coefficient (Wildman–Crippen LogP) is 3.92. The molecular weight excluding hydrogens is 262 g/mol. The van der Waals surface area contributed by atoms with Crippen LogP contribution >= 0.6 is 11.6 Å². The van der Waals surface area contributed by atoms with E-state index < -0.39 is 5.97 Å². The zero-order valence-corrected chi connectivity index (χ0v) is 12.3. The van der Waals surface area contributed by atoms with Crippen LogP contribution in [0, 0.1) is 5.92 Å². The van der Waals surface area contributed by atoms with Crippen LogP contribution in [0.1, 0.15) is 25.8 Å². The zero-order chi connectivity index (χ0) is 14.4. The molecule has 1 aromatic rings. The fraction of sp³-hybridized carbons (Fsp3) is 0.400. The van der Waals surface area contributed by atoms with E-state index in [9.17, 15) is 4.79 Å². The molecule has 4 heteroatoms. The molecule has 0 saturated carbocycles. The van der Waals surface area contributed by atoms with Crippen molar-refractivity contribution < 1.29 is 9.90 Å². The van der Waals surface area contributed by atoms with Crippen LogP contribution in [0.15, 0.2) is 24.3 Å². The Bertz CT molecular complexity index is 471. The highest BCUT2D eigenvalue weighted by molar-refractivity contribution is 6.32. The van der Waals surface area contributed by atoms with Crippen molar-refractivity contribution in [3.63, 3.8) is 0 Å². The molecule has 0 spiro atoms. The first-order valence-electron chi connectivity index (χ1n) is 6.35. The van der Waals surface area contributed by atoms with Crippen LogP contribution < -0.4 is 4.90 Å².